The molecule has 7 heteroatoms. The number of aryl methyl sites for hydroxylation is 1. The third kappa shape index (κ3) is 8.67. The van der Waals surface area contributed by atoms with Gasteiger partial charge in [0.1, 0.15) is 11.9 Å². The van der Waals surface area contributed by atoms with Crippen molar-refractivity contribution in [1.29, 1.82) is 5.41 Å². The molecule has 0 aliphatic rings. The number of hydrogen-bond donors (Lipinski definition) is 5. The number of amides is 2. The molecule has 7 nitrogen and oxygen atoms in total. The molecule has 0 aromatic heterocycles. The second-order valence-corrected chi connectivity index (χ2v) is 8.83. The van der Waals surface area contributed by atoms with Crippen LogP contribution in [-0.2, 0) is 29.0 Å². The smallest absolute Gasteiger partial charge is 0.242 e. The molecule has 0 fully saturated rings. The first kappa shape index (κ1) is 26.6. The highest BCUT2D eigenvalue weighted by Gasteiger charge is 2.22. The van der Waals surface area contributed by atoms with E-state index in [1.807, 2.05) is 48.5 Å². The van der Waals surface area contributed by atoms with Crippen molar-refractivity contribution < 1.29 is 9.59 Å². The zero-order valence-corrected chi connectivity index (χ0v) is 20.7. The predicted octanol–water partition coefficient (Wildman–Crippen LogP) is 2.93. The summed E-state index contributed by atoms with van der Waals surface area (Å²) in [6, 6.07) is 26.2. The van der Waals surface area contributed by atoms with E-state index in [0.29, 0.717) is 25.1 Å². The number of nitrogens with two attached hydrogens (primary N) is 1. The van der Waals surface area contributed by atoms with E-state index in [0.717, 1.165) is 18.4 Å². The average molecular weight is 486 g/mol. The summed E-state index contributed by atoms with van der Waals surface area (Å²) >= 11 is 0. The highest BCUT2D eigenvalue weighted by atomic mass is 16.2. The fraction of sp³-hybridized carbons (Fsp3) is 0.276. The van der Waals surface area contributed by atoms with Crippen molar-refractivity contribution in [3.05, 3.63) is 107 Å². The van der Waals surface area contributed by atoms with Crippen LogP contribution < -0.4 is 21.7 Å². The van der Waals surface area contributed by atoms with Gasteiger partial charge in [-0.15, -0.1) is 0 Å². The lowest BCUT2D eigenvalue weighted by atomic mass is 10.0. The Hall–Kier alpha value is -3.97. The van der Waals surface area contributed by atoms with Crippen LogP contribution in [0.15, 0.2) is 84.9 Å². The quantitative estimate of drug-likeness (QED) is 0.189. The van der Waals surface area contributed by atoms with E-state index in [9.17, 15) is 9.59 Å². The fourth-order valence-electron chi connectivity index (χ4n) is 3.84. The van der Waals surface area contributed by atoms with E-state index in [1.165, 1.54) is 11.1 Å². The summed E-state index contributed by atoms with van der Waals surface area (Å²) in [6.45, 7) is 2.67. The van der Waals surface area contributed by atoms with Crippen LogP contribution in [0, 0.1) is 5.41 Å². The molecule has 2 atom stereocenters. The molecule has 0 aliphatic heterocycles. The minimum atomic E-state index is -0.677. The van der Waals surface area contributed by atoms with Gasteiger partial charge in [0, 0.05) is 12.1 Å². The van der Waals surface area contributed by atoms with Gasteiger partial charge in [-0.1, -0.05) is 84.9 Å². The van der Waals surface area contributed by atoms with Crippen LogP contribution in [0.3, 0.4) is 0 Å². The monoisotopic (exact) mass is 485 g/mol. The minimum absolute atomic E-state index is 0.00103. The standard InChI is InChI=1S/C29H35N5O2/c1-21(28(35)33-20-24-12-15-25(16-13-24)27(30)31)34-29(36)26(17-14-22-8-4-2-5-9-22)32-19-18-23-10-6-3-7-11-23/h2-13,15-16,21,26,32H,14,17-20H2,1H3,(H3,30,31)(H,33,35)(H,34,36). The summed E-state index contributed by atoms with van der Waals surface area (Å²) in [6.07, 6.45) is 2.20. The van der Waals surface area contributed by atoms with Gasteiger partial charge < -0.3 is 21.7 Å². The molecule has 2 unspecified atom stereocenters. The lowest BCUT2D eigenvalue weighted by Gasteiger charge is -2.21. The zero-order chi connectivity index (χ0) is 25.8. The van der Waals surface area contributed by atoms with E-state index in [4.69, 9.17) is 11.1 Å². The van der Waals surface area contributed by atoms with Crippen molar-refractivity contribution in [2.24, 2.45) is 5.73 Å². The number of amidine groups is 1. The second kappa shape index (κ2) is 13.8. The zero-order valence-electron chi connectivity index (χ0n) is 20.7. The van der Waals surface area contributed by atoms with Crippen molar-refractivity contribution in [3.63, 3.8) is 0 Å². The molecule has 36 heavy (non-hydrogen) atoms. The maximum absolute atomic E-state index is 13.1. The Morgan fingerprint density at radius 2 is 1.39 bits per heavy atom. The molecular formula is C29H35N5O2. The molecule has 0 saturated heterocycles. The molecule has 0 aliphatic carbocycles. The molecule has 3 aromatic rings. The minimum Gasteiger partial charge on any atom is -0.384 e. The maximum atomic E-state index is 13.1. The van der Waals surface area contributed by atoms with Gasteiger partial charge in [-0.2, -0.15) is 0 Å². The molecule has 0 radical (unpaired) electrons. The molecule has 188 valence electrons. The Morgan fingerprint density at radius 1 is 0.806 bits per heavy atom. The van der Waals surface area contributed by atoms with Crippen LogP contribution in [0.1, 0.15) is 35.6 Å². The van der Waals surface area contributed by atoms with Gasteiger partial charge in [0.15, 0.2) is 0 Å². The van der Waals surface area contributed by atoms with Crippen LogP contribution in [0.25, 0.3) is 0 Å². The van der Waals surface area contributed by atoms with E-state index < -0.39 is 12.1 Å². The van der Waals surface area contributed by atoms with Crippen molar-refractivity contribution in [1.82, 2.24) is 16.0 Å². The van der Waals surface area contributed by atoms with Crippen LogP contribution in [-0.4, -0.2) is 36.3 Å². The molecule has 0 saturated carbocycles. The summed E-state index contributed by atoms with van der Waals surface area (Å²) in [4.78, 5) is 25.7. The topological polar surface area (TPSA) is 120 Å². The summed E-state index contributed by atoms with van der Waals surface area (Å²) in [5.74, 6) is -0.446. The molecule has 3 aromatic carbocycles. The molecule has 0 heterocycles. The van der Waals surface area contributed by atoms with Crippen molar-refractivity contribution in [2.75, 3.05) is 6.54 Å². The number of benzene rings is 3. The fourth-order valence-corrected chi connectivity index (χ4v) is 3.84. The van der Waals surface area contributed by atoms with Gasteiger partial charge in [0.25, 0.3) is 0 Å². The number of nitrogens with one attached hydrogen (secondary N) is 4. The van der Waals surface area contributed by atoms with Gasteiger partial charge in [-0.25, -0.2) is 0 Å². The Labute approximate surface area is 213 Å². The van der Waals surface area contributed by atoms with E-state index >= 15 is 0 Å². The first-order chi connectivity index (χ1) is 17.4. The van der Waals surface area contributed by atoms with Crippen LogP contribution in [0.2, 0.25) is 0 Å². The normalized spacial score (nSPS) is 12.4. The number of carbonyl (C=O) groups is 2. The average Bonchev–Trinajstić information content (AvgIpc) is 2.90. The summed E-state index contributed by atoms with van der Waals surface area (Å²) in [5, 5.41) is 16.6. The Morgan fingerprint density at radius 3 is 1.97 bits per heavy atom. The van der Waals surface area contributed by atoms with Crippen LogP contribution in [0.5, 0.6) is 0 Å². The van der Waals surface area contributed by atoms with Gasteiger partial charge in [-0.3, -0.25) is 15.0 Å². The summed E-state index contributed by atoms with van der Waals surface area (Å²) in [7, 11) is 0. The maximum Gasteiger partial charge on any atom is 0.242 e. The summed E-state index contributed by atoms with van der Waals surface area (Å²) in [5.41, 5.74) is 9.37. The SMILES string of the molecule is CC(NC(=O)C(CCc1ccccc1)NCCc1ccccc1)C(=O)NCc1ccc(C(=N)N)cc1. The number of hydrogen-bond acceptors (Lipinski definition) is 4. The number of carbonyl (C=O) groups excluding carboxylic acids is 2. The molecule has 0 bridgehead atoms. The molecule has 6 N–H and O–H groups in total. The molecule has 3 rings (SSSR count). The predicted molar refractivity (Wildman–Crippen MR) is 144 cm³/mol. The highest BCUT2D eigenvalue weighted by molar-refractivity contribution is 5.95. The second-order valence-electron chi connectivity index (χ2n) is 8.83. The van der Waals surface area contributed by atoms with Gasteiger partial charge >= 0.3 is 0 Å². The third-order valence-electron chi connectivity index (χ3n) is 6.01. The van der Waals surface area contributed by atoms with Crippen molar-refractivity contribution in [2.45, 2.75) is 44.8 Å². The van der Waals surface area contributed by atoms with Crippen LogP contribution >= 0.6 is 0 Å². The first-order valence-corrected chi connectivity index (χ1v) is 12.2. The van der Waals surface area contributed by atoms with E-state index in [-0.39, 0.29) is 17.6 Å². The van der Waals surface area contributed by atoms with Crippen LogP contribution in [0.4, 0.5) is 0 Å². The third-order valence-corrected chi connectivity index (χ3v) is 6.01. The van der Waals surface area contributed by atoms with Gasteiger partial charge in [0.05, 0.1) is 6.04 Å². The first-order valence-electron chi connectivity index (χ1n) is 12.2. The lowest BCUT2D eigenvalue weighted by molar-refractivity contribution is -0.129. The van der Waals surface area contributed by atoms with E-state index in [2.05, 4.69) is 40.2 Å². The van der Waals surface area contributed by atoms with E-state index in [1.54, 1.807) is 19.1 Å². The Bertz CT molecular complexity index is 1120. The molecular weight excluding hydrogens is 450 g/mol. The van der Waals surface area contributed by atoms with Gasteiger partial charge in [0.2, 0.25) is 11.8 Å². The lowest BCUT2D eigenvalue weighted by Crippen LogP contribution is -2.52. The molecule has 0 spiro atoms. The summed E-state index contributed by atoms with van der Waals surface area (Å²) < 4.78 is 0. The largest absolute Gasteiger partial charge is 0.384 e. The highest BCUT2D eigenvalue weighted by Crippen LogP contribution is 2.07. The van der Waals surface area contributed by atoms with Crippen molar-refractivity contribution >= 4 is 17.6 Å². The Kier molecular flexibility index (Phi) is 10.2. The number of rotatable bonds is 13. The number of nitrogen functional groups attached to an aromatic ring is 1. The molecule has 2 amide bonds. The van der Waals surface area contributed by atoms with Gasteiger partial charge in [-0.05, 0) is 49.4 Å². The van der Waals surface area contributed by atoms with Crippen molar-refractivity contribution in [3.8, 4) is 0 Å². The Balaban J connectivity index is 1.53.